The standard InChI is InChI=1S/C44H34N2S/c1-43(2)32-14-6-10-18-36(32)45(37-19-11-7-15-33(37)43)28-22-24-40-31(26-28)30-25-27(21-23-39(30)47-40)41-29-13-5-9-17-35(29)46-38-20-12-8-16-34(38)44(3,4)42(41)46/h5-26H,1-4H3. The summed E-state index contributed by atoms with van der Waals surface area (Å²) >= 11 is 1.89. The fourth-order valence-electron chi connectivity index (χ4n) is 8.71. The van der Waals surface area contributed by atoms with Gasteiger partial charge in [0.15, 0.2) is 0 Å². The molecule has 3 heteroatoms. The first-order valence-electron chi connectivity index (χ1n) is 16.5. The Kier molecular flexibility index (Phi) is 5.32. The average molecular weight is 623 g/mol. The fourth-order valence-corrected chi connectivity index (χ4v) is 9.77. The van der Waals surface area contributed by atoms with Crippen LogP contribution >= 0.6 is 11.3 Å². The highest BCUT2D eigenvalue weighted by Gasteiger charge is 2.40. The lowest BCUT2D eigenvalue weighted by molar-refractivity contribution is 0.632. The van der Waals surface area contributed by atoms with Crippen molar-refractivity contribution in [3.8, 4) is 16.8 Å². The van der Waals surface area contributed by atoms with E-state index in [1.807, 2.05) is 11.3 Å². The highest BCUT2D eigenvalue weighted by Crippen LogP contribution is 2.54. The third-order valence-corrected chi connectivity index (χ3v) is 12.1. The van der Waals surface area contributed by atoms with E-state index < -0.39 is 0 Å². The first kappa shape index (κ1) is 27.0. The number of hydrogen-bond donors (Lipinski definition) is 0. The molecular formula is C44H34N2S. The number of hydrogen-bond acceptors (Lipinski definition) is 2. The molecule has 0 atom stereocenters. The van der Waals surface area contributed by atoms with Crippen LogP contribution in [0.3, 0.4) is 0 Å². The van der Waals surface area contributed by atoms with Crippen LogP contribution in [0.1, 0.15) is 50.1 Å². The molecule has 0 saturated heterocycles. The van der Waals surface area contributed by atoms with Crippen LogP contribution in [0.5, 0.6) is 0 Å². The summed E-state index contributed by atoms with van der Waals surface area (Å²) < 4.78 is 5.16. The maximum Gasteiger partial charge on any atom is 0.0538 e. The Morgan fingerprint density at radius 3 is 1.74 bits per heavy atom. The Balaban J connectivity index is 1.20. The van der Waals surface area contributed by atoms with E-state index in [1.165, 1.54) is 87.3 Å². The summed E-state index contributed by atoms with van der Waals surface area (Å²) in [6.45, 7) is 9.46. The number of para-hydroxylation sites is 4. The maximum atomic E-state index is 2.51. The number of benzene rings is 6. The van der Waals surface area contributed by atoms with Gasteiger partial charge < -0.3 is 9.47 Å². The van der Waals surface area contributed by atoms with Gasteiger partial charge in [0, 0.05) is 53.3 Å². The summed E-state index contributed by atoms with van der Waals surface area (Å²) in [5.74, 6) is 0. The third kappa shape index (κ3) is 3.50. The molecule has 4 heterocycles. The minimum absolute atomic E-state index is 0.0776. The fraction of sp³-hybridized carbons (Fsp3) is 0.136. The smallest absolute Gasteiger partial charge is 0.0538 e. The molecule has 0 N–H and O–H groups in total. The number of aromatic nitrogens is 1. The van der Waals surface area contributed by atoms with Crippen molar-refractivity contribution in [1.29, 1.82) is 0 Å². The van der Waals surface area contributed by atoms with Crippen LogP contribution < -0.4 is 4.90 Å². The Bertz CT molecular complexity index is 2550. The van der Waals surface area contributed by atoms with Crippen LogP contribution in [-0.4, -0.2) is 4.57 Å². The van der Waals surface area contributed by atoms with Gasteiger partial charge in [0.1, 0.15) is 0 Å². The van der Waals surface area contributed by atoms with Crippen molar-refractivity contribution in [2.24, 2.45) is 0 Å². The van der Waals surface area contributed by atoms with E-state index >= 15 is 0 Å². The number of fused-ring (bicyclic) bond motifs is 10. The first-order valence-corrected chi connectivity index (χ1v) is 17.4. The van der Waals surface area contributed by atoms with Crippen molar-refractivity contribution < 1.29 is 0 Å². The zero-order chi connectivity index (χ0) is 31.7. The molecule has 8 aromatic rings. The molecule has 2 nitrogen and oxygen atoms in total. The lowest BCUT2D eigenvalue weighted by Crippen LogP contribution is -2.30. The summed E-state index contributed by atoms with van der Waals surface area (Å²) in [6, 6.07) is 49.9. The Hall–Kier alpha value is -5.12. The second kappa shape index (κ2) is 9.24. The third-order valence-electron chi connectivity index (χ3n) is 10.9. The second-order valence-corrected chi connectivity index (χ2v) is 15.3. The van der Waals surface area contributed by atoms with E-state index in [-0.39, 0.29) is 10.8 Å². The molecule has 6 aromatic carbocycles. The van der Waals surface area contributed by atoms with Gasteiger partial charge in [-0.25, -0.2) is 0 Å². The van der Waals surface area contributed by atoms with Crippen molar-refractivity contribution in [2.75, 3.05) is 4.90 Å². The van der Waals surface area contributed by atoms with E-state index in [4.69, 9.17) is 0 Å². The van der Waals surface area contributed by atoms with E-state index in [2.05, 4.69) is 171 Å². The molecule has 2 aromatic heterocycles. The normalized spacial score (nSPS) is 15.5. The van der Waals surface area contributed by atoms with Gasteiger partial charge in [-0.15, -0.1) is 11.3 Å². The number of thiophene rings is 1. The molecule has 0 saturated carbocycles. The lowest BCUT2D eigenvalue weighted by Gasteiger charge is -2.42. The van der Waals surface area contributed by atoms with E-state index in [9.17, 15) is 0 Å². The topological polar surface area (TPSA) is 8.17 Å². The molecule has 47 heavy (non-hydrogen) atoms. The van der Waals surface area contributed by atoms with Gasteiger partial charge in [-0.2, -0.15) is 0 Å². The first-order chi connectivity index (χ1) is 22.8. The summed E-state index contributed by atoms with van der Waals surface area (Å²) in [7, 11) is 0. The molecule has 2 aliphatic rings. The predicted octanol–water partition coefficient (Wildman–Crippen LogP) is 12.4. The van der Waals surface area contributed by atoms with Crippen molar-refractivity contribution in [3.05, 3.63) is 156 Å². The van der Waals surface area contributed by atoms with Gasteiger partial charge in [-0.1, -0.05) is 107 Å². The van der Waals surface area contributed by atoms with Crippen molar-refractivity contribution in [1.82, 2.24) is 4.57 Å². The molecule has 0 bridgehead atoms. The highest BCUT2D eigenvalue weighted by atomic mass is 32.1. The minimum atomic E-state index is -0.118. The summed E-state index contributed by atoms with van der Waals surface area (Å²) in [5.41, 5.74) is 14.2. The van der Waals surface area contributed by atoms with Crippen LogP contribution in [0.2, 0.25) is 0 Å². The molecule has 0 spiro atoms. The number of rotatable bonds is 2. The zero-order valence-electron chi connectivity index (χ0n) is 27.0. The van der Waals surface area contributed by atoms with Gasteiger partial charge in [0.2, 0.25) is 0 Å². The monoisotopic (exact) mass is 622 g/mol. The van der Waals surface area contributed by atoms with Gasteiger partial charge >= 0.3 is 0 Å². The highest BCUT2D eigenvalue weighted by molar-refractivity contribution is 7.25. The van der Waals surface area contributed by atoms with Gasteiger partial charge in [0.05, 0.1) is 22.6 Å². The average Bonchev–Trinajstić information content (AvgIpc) is 3.71. The van der Waals surface area contributed by atoms with Crippen LogP contribution in [-0.2, 0) is 10.8 Å². The van der Waals surface area contributed by atoms with Gasteiger partial charge in [-0.05, 0) is 76.9 Å². The molecule has 10 rings (SSSR count). The maximum absolute atomic E-state index is 2.51. The Morgan fingerprint density at radius 2 is 1.04 bits per heavy atom. The minimum Gasteiger partial charge on any atom is -0.312 e. The molecule has 226 valence electrons. The zero-order valence-corrected chi connectivity index (χ0v) is 27.8. The largest absolute Gasteiger partial charge is 0.312 e. The Morgan fingerprint density at radius 1 is 0.489 bits per heavy atom. The summed E-state index contributed by atoms with van der Waals surface area (Å²) in [6.07, 6.45) is 0. The molecule has 2 aliphatic heterocycles. The van der Waals surface area contributed by atoms with Crippen molar-refractivity contribution in [2.45, 2.75) is 38.5 Å². The molecule has 0 amide bonds. The SMILES string of the molecule is CC1(C)c2ccccc2N(c2ccc3sc4ccc(-c5c6n(c7ccccc57)-c5ccccc5C6(C)C)cc4c3c2)c2ccccc21. The quantitative estimate of drug-likeness (QED) is 0.186. The Labute approximate surface area is 279 Å². The van der Waals surface area contributed by atoms with E-state index in [0.717, 1.165) is 0 Å². The van der Waals surface area contributed by atoms with Crippen molar-refractivity contribution in [3.63, 3.8) is 0 Å². The number of anilines is 3. The molecule has 0 radical (unpaired) electrons. The van der Waals surface area contributed by atoms with Crippen LogP contribution in [0.15, 0.2) is 133 Å². The molecular weight excluding hydrogens is 589 g/mol. The lowest BCUT2D eigenvalue weighted by atomic mass is 9.73. The predicted molar refractivity (Wildman–Crippen MR) is 201 cm³/mol. The van der Waals surface area contributed by atoms with Crippen molar-refractivity contribution >= 4 is 59.5 Å². The van der Waals surface area contributed by atoms with Crippen LogP contribution in [0, 0.1) is 0 Å². The molecule has 0 aliphatic carbocycles. The molecule has 0 unspecified atom stereocenters. The van der Waals surface area contributed by atoms with E-state index in [1.54, 1.807) is 0 Å². The van der Waals surface area contributed by atoms with Gasteiger partial charge in [-0.3, -0.25) is 0 Å². The van der Waals surface area contributed by atoms with Crippen LogP contribution in [0.4, 0.5) is 17.1 Å². The second-order valence-electron chi connectivity index (χ2n) is 14.2. The van der Waals surface area contributed by atoms with Crippen LogP contribution in [0.25, 0.3) is 47.9 Å². The molecule has 0 fully saturated rings. The number of nitrogens with zero attached hydrogens (tertiary/aromatic N) is 2. The van der Waals surface area contributed by atoms with Gasteiger partial charge in [0.25, 0.3) is 0 Å². The summed E-state index contributed by atoms with van der Waals surface area (Å²) in [4.78, 5) is 2.47. The summed E-state index contributed by atoms with van der Waals surface area (Å²) in [5, 5.41) is 3.95. The van der Waals surface area contributed by atoms with E-state index in [0.29, 0.717) is 0 Å².